The number of ether oxygens (including phenoxy) is 2. The average Bonchev–Trinajstić information content (AvgIpc) is 2.74. The Hall–Kier alpha value is -2.30. The van der Waals surface area contributed by atoms with Crippen LogP contribution in [0.2, 0.25) is 0 Å². The Labute approximate surface area is 161 Å². The lowest BCUT2D eigenvalue weighted by Gasteiger charge is -2.41. The van der Waals surface area contributed by atoms with E-state index in [2.05, 4.69) is 12.2 Å². The molecule has 0 unspecified atom stereocenters. The zero-order valence-electron chi connectivity index (χ0n) is 16.2. The van der Waals surface area contributed by atoms with Crippen molar-refractivity contribution in [2.75, 3.05) is 14.2 Å². The van der Waals surface area contributed by atoms with E-state index < -0.39 is 0 Å². The third-order valence-electron chi connectivity index (χ3n) is 6.14. The van der Waals surface area contributed by atoms with Gasteiger partial charge in [-0.05, 0) is 43.9 Å². The number of carbonyl (C=O) groups is 1. The highest BCUT2D eigenvalue weighted by atomic mass is 16.5. The second-order valence-electron chi connectivity index (χ2n) is 7.69. The van der Waals surface area contributed by atoms with E-state index in [-0.39, 0.29) is 23.8 Å². The van der Waals surface area contributed by atoms with Crippen LogP contribution in [0.3, 0.4) is 0 Å². The van der Waals surface area contributed by atoms with Crippen LogP contribution in [0.25, 0.3) is 0 Å². The molecule has 1 aromatic rings. The van der Waals surface area contributed by atoms with Crippen LogP contribution < -0.4 is 9.47 Å². The number of hydrogen-bond donors (Lipinski definition) is 0. The number of hydrazone groups is 1. The zero-order chi connectivity index (χ0) is 18.8. The zero-order valence-corrected chi connectivity index (χ0v) is 16.2. The Kier molecular flexibility index (Phi) is 5.19. The molecule has 5 heteroatoms. The van der Waals surface area contributed by atoms with Crippen LogP contribution in [0.15, 0.2) is 35.5 Å². The molecule has 1 saturated carbocycles. The van der Waals surface area contributed by atoms with Gasteiger partial charge in [-0.2, -0.15) is 5.10 Å². The number of methoxy groups -OCH3 is 2. The van der Waals surface area contributed by atoms with Gasteiger partial charge in [-0.3, -0.25) is 4.79 Å². The number of hydrogen-bond acceptors (Lipinski definition) is 4. The topological polar surface area (TPSA) is 51.1 Å². The maximum absolute atomic E-state index is 13.2. The number of benzene rings is 1. The molecule has 0 saturated heterocycles. The van der Waals surface area contributed by atoms with Gasteiger partial charge in [0.1, 0.15) is 0 Å². The molecule has 27 heavy (non-hydrogen) atoms. The van der Waals surface area contributed by atoms with Crippen molar-refractivity contribution in [1.29, 1.82) is 0 Å². The molecule has 4 rings (SSSR count). The first-order valence-corrected chi connectivity index (χ1v) is 10.0. The number of rotatable bonds is 4. The van der Waals surface area contributed by atoms with Gasteiger partial charge in [0.2, 0.25) is 5.91 Å². The fourth-order valence-electron chi connectivity index (χ4n) is 4.65. The van der Waals surface area contributed by atoms with Crippen molar-refractivity contribution in [2.45, 2.75) is 51.0 Å². The lowest BCUT2D eigenvalue weighted by atomic mass is 9.76. The molecule has 2 atom stereocenters. The van der Waals surface area contributed by atoms with E-state index in [1.165, 1.54) is 19.3 Å². The molecule has 1 aromatic carbocycles. The number of nitrogens with zero attached hydrogens (tertiary/aromatic N) is 2. The second kappa shape index (κ2) is 7.75. The monoisotopic (exact) mass is 368 g/mol. The van der Waals surface area contributed by atoms with E-state index in [0.717, 1.165) is 37.0 Å². The Morgan fingerprint density at radius 1 is 0.963 bits per heavy atom. The lowest BCUT2D eigenvalue weighted by molar-refractivity contribution is -0.141. The minimum atomic E-state index is -0.00229. The van der Waals surface area contributed by atoms with E-state index in [1.54, 1.807) is 14.2 Å². The summed E-state index contributed by atoms with van der Waals surface area (Å²) in [6, 6.07) is 6.19. The fraction of sp³-hybridized carbons (Fsp3) is 0.545. The summed E-state index contributed by atoms with van der Waals surface area (Å²) in [5.74, 6) is 1.75. The fourth-order valence-corrected chi connectivity index (χ4v) is 4.65. The minimum absolute atomic E-state index is 0.00229. The molecular formula is C22H28N2O3. The SMILES string of the molecule is COc1ccc(C2=NN(C3CCCCC3)C(=O)[C@H]3CC=CC[C@@H]23)cc1OC. The van der Waals surface area contributed by atoms with Crippen molar-refractivity contribution in [3.8, 4) is 11.5 Å². The van der Waals surface area contributed by atoms with E-state index in [4.69, 9.17) is 14.6 Å². The van der Waals surface area contributed by atoms with E-state index in [0.29, 0.717) is 11.5 Å². The summed E-state index contributed by atoms with van der Waals surface area (Å²) in [4.78, 5) is 13.2. The molecule has 0 radical (unpaired) electrons. The van der Waals surface area contributed by atoms with Gasteiger partial charge in [0.15, 0.2) is 11.5 Å². The molecule has 1 amide bonds. The number of carbonyl (C=O) groups excluding carboxylic acids is 1. The predicted octanol–water partition coefficient (Wildman–Crippen LogP) is 4.17. The van der Waals surface area contributed by atoms with Gasteiger partial charge in [-0.1, -0.05) is 31.4 Å². The van der Waals surface area contributed by atoms with Crippen molar-refractivity contribution in [2.24, 2.45) is 16.9 Å². The normalized spacial score (nSPS) is 25.8. The van der Waals surface area contributed by atoms with Crippen LogP contribution in [0.5, 0.6) is 11.5 Å². The highest BCUT2D eigenvalue weighted by molar-refractivity contribution is 6.07. The quantitative estimate of drug-likeness (QED) is 0.750. The molecule has 0 aromatic heterocycles. The Balaban J connectivity index is 1.75. The molecule has 1 heterocycles. The highest BCUT2D eigenvalue weighted by Crippen LogP contribution is 2.38. The van der Waals surface area contributed by atoms with Crippen LogP contribution in [0.4, 0.5) is 0 Å². The van der Waals surface area contributed by atoms with Gasteiger partial charge < -0.3 is 9.47 Å². The molecule has 1 aliphatic heterocycles. The smallest absolute Gasteiger partial charge is 0.247 e. The summed E-state index contributed by atoms with van der Waals surface area (Å²) in [7, 11) is 3.29. The Bertz CT molecular complexity index is 765. The van der Waals surface area contributed by atoms with E-state index in [1.807, 2.05) is 23.2 Å². The average molecular weight is 368 g/mol. The van der Waals surface area contributed by atoms with Gasteiger partial charge >= 0.3 is 0 Å². The maximum atomic E-state index is 13.2. The van der Waals surface area contributed by atoms with Gasteiger partial charge in [0.05, 0.1) is 31.9 Å². The number of amides is 1. The Morgan fingerprint density at radius 2 is 1.67 bits per heavy atom. The molecule has 5 nitrogen and oxygen atoms in total. The standard InChI is InChI=1S/C22H28N2O3/c1-26-19-13-12-15(14-20(19)27-2)21-17-10-6-7-11-18(17)22(25)24(23-21)16-8-4-3-5-9-16/h6-7,12-14,16-18H,3-5,8-11H2,1-2H3/t17-,18+/m1/s1. The minimum Gasteiger partial charge on any atom is -0.493 e. The third-order valence-corrected chi connectivity index (χ3v) is 6.14. The first-order chi connectivity index (χ1) is 13.2. The van der Waals surface area contributed by atoms with Crippen molar-refractivity contribution in [3.63, 3.8) is 0 Å². The van der Waals surface area contributed by atoms with Crippen molar-refractivity contribution in [3.05, 3.63) is 35.9 Å². The maximum Gasteiger partial charge on any atom is 0.247 e. The van der Waals surface area contributed by atoms with Gasteiger partial charge in [0, 0.05) is 11.5 Å². The van der Waals surface area contributed by atoms with Crippen LogP contribution >= 0.6 is 0 Å². The van der Waals surface area contributed by atoms with Crippen molar-refractivity contribution >= 4 is 11.6 Å². The van der Waals surface area contributed by atoms with Crippen LogP contribution in [0.1, 0.15) is 50.5 Å². The molecule has 3 aliphatic rings. The summed E-state index contributed by atoms with van der Waals surface area (Å²) >= 11 is 0. The first-order valence-electron chi connectivity index (χ1n) is 10.0. The molecule has 0 bridgehead atoms. The lowest BCUT2D eigenvalue weighted by Crippen LogP contribution is -2.49. The summed E-state index contributed by atoms with van der Waals surface area (Å²) in [6.45, 7) is 0. The largest absolute Gasteiger partial charge is 0.493 e. The number of allylic oxidation sites excluding steroid dienone is 2. The van der Waals surface area contributed by atoms with Gasteiger partial charge in [-0.15, -0.1) is 0 Å². The third kappa shape index (κ3) is 3.35. The van der Waals surface area contributed by atoms with E-state index in [9.17, 15) is 4.79 Å². The molecule has 144 valence electrons. The molecule has 2 aliphatic carbocycles. The van der Waals surface area contributed by atoms with Crippen molar-refractivity contribution < 1.29 is 14.3 Å². The second-order valence-corrected chi connectivity index (χ2v) is 7.69. The Morgan fingerprint density at radius 3 is 2.37 bits per heavy atom. The molecular weight excluding hydrogens is 340 g/mol. The summed E-state index contributed by atoms with van der Waals surface area (Å²) < 4.78 is 10.9. The summed E-state index contributed by atoms with van der Waals surface area (Å²) in [6.07, 6.45) is 11.7. The summed E-state index contributed by atoms with van der Waals surface area (Å²) in [5.41, 5.74) is 2.03. The summed E-state index contributed by atoms with van der Waals surface area (Å²) in [5, 5.41) is 6.77. The predicted molar refractivity (Wildman–Crippen MR) is 105 cm³/mol. The van der Waals surface area contributed by atoms with Crippen LogP contribution in [0, 0.1) is 11.8 Å². The molecule has 0 N–H and O–H groups in total. The number of fused-ring (bicyclic) bond motifs is 1. The first kappa shape index (κ1) is 18.1. The van der Waals surface area contributed by atoms with Crippen LogP contribution in [-0.2, 0) is 4.79 Å². The van der Waals surface area contributed by atoms with Crippen LogP contribution in [-0.4, -0.2) is 36.9 Å². The van der Waals surface area contributed by atoms with Crippen molar-refractivity contribution in [1.82, 2.24) is 5.01 Å². The van der Waals surface area contributed by atoms with E-state index >= 15 is 0 Å². The highest BCUT2D eigenvalue weighted by Gasteiger charge is 2.42. The van der Waals surface area contributed by atoms with Gasteiger partial charge in [-0.25, -0.2) is 5.01 Å². The molecule has 1 fully saturated rings. The van der Waals surface area contributed by atoms with Gasteiger partial charge in [0.25, 0.3) is 0 Å². The molecule has 0 spiro atoms.